The third kappa shape index (κ3) is 5.95. The first kappa shape index (κ1) is 21.1. The van der Waals surface area contributed by atoms with Crippen molar-refractivity contribution in [1.29, 1.82) is 0 Å². The van der Waals surface area contributed by atoms with Gasteiger partial charge in [-0.1, -0.05) is 42.5 Å². The fourth-order valence-corrected chi connectivity index (χ4v) is 4.15. The maximum Gasteiger partial charge on any atom is 0.239 e. The fraction of sp³-hybridized carbons (Fsp3) is 0.360. The molecule has 2 heterocycles. The van der Waals surface area contributed by atoms with Crippen molar-refractivity contribution in [3.63, 3.8) is 0 Å². The first-order valence-corrected chi connectivity index (χ1v) is 10.9. The summed E-state index contributed by atoms with van der Waals surface area (Å²) in [5.41, 5.74) is 2.50. The van der Waals surface area contributed by atoms with Crippen LogP contribution in [0.25, 0.3) is 0 Å². The van der Waals surface area contributed by atoms with Gasteiger partial charge >= 0.3 is 0 Å². The van der Waals surface area contributed by atoms with Gasteiger partial charge in [0.2, 0.25) is 5.91 Å². The van der Waals surface area contributed by atoms with Crippen LogP contribution in [0.1, 0.15) is 24.0 Å². The van der Waals surface area contributed by atoms with E-state index in [4.69, 9.17) is 4.74 Å². The van der Waals surface area contributed by atoms with Crippen LogP contribution in [0.2, 0.25) is 0 Å². The Balaban J connectivity index is 1.23. The second kappa shape index (κ2) is 10.3. The number of ether oxygens (including phenoxy) is 1. The monoisotopic (exact) mass is 418 g/mol. The van der Waals surface area contributed by atoms with E-state index in [1.165, 1.54) is 5.56 Å². The van der Waals surface area contributed by atoms with Crippen molar-refractivity contribution >= 4 is 11.7 Å². The van der Waals surface area contributed by atoms with Crippen LogP contribution in [-0.4, -0.2) is 47.3 Å². The van der Waals surface area contributed by atoms with E-state index in [0.29, 0.717) is 19.0 Å². The summed E-state index contributed by atoms with van der Waals surface area (Å²) in [6, 6.07) is 20.3. The van der Waals surface area contributed by atoms with Gasteiger partial charge in [0.1, 0.15) is 11.6 Å². The average Bonchev–Trinajstić information content (AvgIpc) is 3.22. The number of aromatic nitrogens is 2. The Labute approximate surface area is 183 Å². The Bertz CT molecular complexity index is 961. The Morgan fingerprint density at radius 2 is 1.77 bits per heavy atom. The zero-order valence-corrected chi connectivity index (χ0v) is 18.0. The summed E-state index contributed by atoms with van der Waals surface area (Å²) in [5, 5.41) is 7.38. The van der Waals surface area contributed by atoms with E-state index in [-0.39, 0.29) is 5.91 Å². The van der Waals surface area contributed by atoms with E-state index in [1.54, 1.807) is 13.3 Å². The number of carbonyl (C=O) groups is 1. The van der Waals surface area contributed by atoms with Gasteiger partial charge in [0.25, 0.3) is 0 Å². The molecule has 0 spiro atoms. The SMILES string of the molecule is COc1ccc(CC2CCN(CC(=O)Nc3ccnn3Cc3ccccc3)CC2)cc1. The van der Waals surface area contributed by atoms with Gasteiger partial charge in [0.05, 0.1) is 26.4 Å². The number of amides is 1. The smallest absolute Gasteiger partial charge is 0.239 e. The minimum absolute atomic E-state index is 0.0171. The molecule has 0 bridgehead atoms. The fourth-order valence-electron chi connectivity index (χ4n) is 4.15. The molecule has 4 rings (SSSR count). The zero-order chi connectivity index (χ0) is 21.5. The molecular weight excluding hydrogens is 388 g/mol. The number of benzene rings is 2. The Kier molecular flexibility index (Phi) is 6.99. The summed E-state index contributed by atoms with van der Waals surface area (Å²) in [7, 11) is 1.69. The summed E-state index contributed by atoms with van der Waals surface area (Å²) < 4.78 is 7.06. The van der Waals surface area contributed by atoms with E-state index in [1.807, 2.05) is 41.1 Å². The predicted molar refractivity (Wildman–Crippen MR) is 122 cm³/mol. The van der Waals surface area contributed by atoms with Crippen molar-refractivity contribution in [3.8, 4) is 5.75 Å². The molecule has 0 saturated carbocycles. The predicted octanol–water partition coefficient (Wildman–Crippen LogP) is 3.83. The highest BCUT2D eigenvalue weighted by molar-refractivity contribution is 5.91. The quantitative estimate of drug-likeness (QED) is 0.604. The van der Waals surface area contributed by atoms with Crippen molar-refractivity contribution in [2.24, 2.45) is 5.92 Å². The molecule has 1 amide bonds. The first-order chi connectivity index (χ1) is 15.2. The largest absolute Gasteiger partial charge is 0.497 e. The Morgan fingerprint density at radius 1 is 1.03 bits per heavy atom. The third-order valence-electron chi connectivity index (χ3n) is 5.92. The molecule has 0 atom stereocenters. The lowest BCUT2D eigenvalue weighted by Crippen LogP contribution is -2.39. The third-order valence-corrected chi connectivity index (χ3v) is 5.92. The Hall–Kier alpha value is -3.12. The van der Waals surface area contributed by atoms with Crippen molar-refractivity contribution in [2.45, 2.75) is 25.8 Å². The van der Waals surface area contributed by atoms with Crippen LogP contribution in [-0.2, 0) is 17.8 Å². The van der Waals surface area contributed by atoms with E-state index >= 15 is 0 Å². The molecule has 1 aliphatic rings. The van der Waals surface area contributed by atoms with Gasteiger partial charge in [0.15, 0.2) is 0 Å². The molecular formula is C25H30N4O2. The minimum Gasteiger partial charge on any atom is -0.497 e. The summed E-state index contributed by atoms with van der Waals surface area (Å²) in [5.74, 6) is 2.32. The van der Waals surface area contributed by atoms with Gasteiger partial charge in [0, 0.05) is 6.07 Å². The van der Waals surface area contributed by atoms with Gasteiger partial charge in [-0.25, -0.2) is 4.68 Å². The van der Waals surface area contributed by atoms with E-state index in [9.17, 15) is 4.79 Å². The molecule has 6 nitrogen and oxygen atoms in total. The van der Waals surface area contributed by atoms with E-state index < -0.39 is 0 Å². The maximum atomic E-state index is 12.6. The number of carbonyl (C=O) groups excluding carboxylic acids is 1. The van der Waals surface area contributed by atoms with Crippen LogP contribution >= 0.6 is 0 Å². The topological polar surface area (TPSA) is 59.4 Å². The summed E-state index contributed by atoms with van der Waals surface area (Å²) >= 11 is 0. The van der Waals surface area contributed by atoms with Gasteiger partial charge in [-0.05, 0) is 61.5 Å². The number of hydrogen-bond donors (Lipinski definition) is 1. The molecule has 1 aromatic heterocycles. The van der Waals surface area contributed by atoms with Crippen LogP contribution in [0.5, 0.6) is 5.75 Å². The maximum absolute atomic E-state index is 12.6. The lowest BCUT2D eigenvalue weighted by molar-refractivity contribution is -0.117. The number of rotatable bonds is 8. The highest BCUT2D eigenvalue weighted by atomic mass is 16.5. The van der Waals surface area contributed by atoms with Gasteiger partial charge in [-0.3, -0.25) is 9.69 Å². The van der Waals surface area contributed by atoms with Crippen molar-refractivity contribution in [1.82, 2.24) is 14.7 Å². The number of piperidine rings is 1. The lowest BCUT2D eigenvalue weighted by Gasteiger charge is -2.31. The molecule has 0 radical (unpaired) electrons. The molecule has 1 fully saturated rings. The summed E-state index contributed by atoms with van der Waals surface area (Å²) in [6.07, 6.45) is 5.04. The summed E-state index contributed by atoms with van der Waals surface area (Å²) in [6.45, 7) is 2.97. The van der Waals surface area contributed by atoms with E-state index in [0.717, 1.165) is 49.5 Å². The number of nitrogens with zero attached hydrogens (tertiary/aromatic N) is 3. The first-order valence-electron chi connectivity index (χ1n) is 10.9. The van der Waals surface area contributed by atoms with Crippen molar-refractivity contribution < 1.29 is 9.53 Å². The minimum atomic E-state index is 0.0171. The van der Waals surface area contributed by atoms with Crippen molar-refractivity contribution in [2.75, 3.05) is 32.1 Å². The molecule has 1 N–H and O–H groups in total. The molecule has 2 aromatic carbocycles. The number of anilines is 1. The standard InChI is InChI=1S/C25H30N4O2/c1-31-23-9-7-20(8-10-23)17-21-12-15-28(16-13-21)19-25(30)27-24-11-14-26-29(24)18-22-5-3-2-4-6-22/h2-11,14,21H,12-13,15-19H2,1H3,(H,27,30). The molecule has 0 aliphatic carbocycles. The molecule has 31 heavy (non-hydrogen) atoms. The van der Waals surface area contributed by atoms with Crippen LogP contribution in [0.15, 0.2) is 66.9 Å². The van der Waals surface area contributed by atoms with E-state index in [2.05, 4.69) is 39.6 Å². The molecule has 6 heteroatoms. The number of hydrogen-bond acceptors (Lipinski definition) is 4. The van der Waals surface area contributed by atoms with Crippen LogP contribution in [0.3, 0.4) is 0 Å². The van der Waals surface area contributed by atoms with Gasteiger partial charge in [-0.2, -0.15) is 5.10 Å². The number of likely N-dealkylation sites (tertiary alicyclic amines) is 1. The lowest BCUT2D eigenvalue weighted by atomic mass is 9.90. The second-order valence-corrected chi connectivity index (χ2v) is 8.18. The van der Waals surface area contributed by atoms with Crippen molar-refractivity contribution in [3.05, 3.63) is 78.0 Å². The van der Waals surface area contributed by atoms with Gasteiger partial charge in [-0.15, -0.1) is 0 Å². The molecule has 1 saturated heterocycles. The summed E-state index contributed by atoms with van der Waals surface area (Å²) in [4.78, 5) is 14.9. The molecule has 1 aliphatic heterocycles. The normalized spacial score (nSPS) is 15.0. The molecule has 0 unspecified atom stereocenters. The van der Waals surface area contributed by atoms with Crippen LogP contribution < -0.4 is 10.1 Å². The average molecular weight is 419 g/mol. The van der Waals surface area contributed by atoms with Crippen LogP contribution in [0, 0.1) is 5.92 Å². The van der Waals surface area contributed by atoms with Gasteiger partial charge < -0.3 is 10.1 Å². The number of methoxy groups -OCH3 is 1. The molecule has 3 aromatic rings. The van der Waals surface area contributed by atoms with Crippen LogP contribution in [0.4, 0.5) is 5.82 Å². The highest BCUT2D eigenvalue weighted by Crippen LogP contribution is 2.23. The molecule has 162 valence electrons. The Morgan fingerprint density at radius 3 is 2.48 bits per heavy atom. The zero-order valence-electron chi connectivity index (χ0n) is 18.0. The second-order valence-electron chi connectivity index (χ2n) is 8.18. The number of nitrogens with one attached hydrogen (secondary N) is 1. The highest BCUT2D eigenvalue weighted by Gasteiger charge is 2.21.